The second kappa shape index (κ2) is 5.78. The number of nitrogens with zero attached hydrogens (tertiary/aromatic N) is 2. The molecular weight excluding hydrogens is 236 g/mol. The fourth-order valence-corrected chi connectivity index (χ4v) is 3.53. The van der Waals surface area contributed by atoms with Gasteiger partial charge in [-0.3, -0.25) is 4.68 Å². The van der Waals surface area contributed by atoms with Gasteiger partial charge >= 0.3 is 0 Å². The van der Waals surface area contributed by atoms with Gasteiger partial charge in [-0.2, -0.15) is 16.9 Å². The number of hydrogen-bond donors (Lipinski definition) is 1. The monoisotopic (exact) mass is 256 g/mol. The molecule has 2 heterocycles. The Morgan fingerprint density at radius 1 is 1.71 bits per heavy atom. The molecule has 1 saturated heterocycles. The summed E-state index contributed by atoms with van der Waals surface area (Å²) in [5.41, 5.74) is 0.841. The lowest BCUT2D eigenvalue weighted by Gasteiger charge is -2.19. The van der Waals surface area contributed by atoms with Crippen molar-refractivity contribution < 1.29 is 9.84 Å². The van der Waals surface area contributed by atoms with Crippen molar-refractivity contribution in [2.75, 3.05) is 12.9 Å². The van der Waals surface area contributed by atoms with E-state index in [0.717, 1.165) is 30.8 Å². The smallest absolute Gasteiger partial charge is 0.162 e. The molecule has 1 fully saturated rings. The molecule has 0 radical (unpaired) electrons. The second-order valence-corrected chi connectivity index (χ2v) is 5.66. The number of thioether (sulfide) groups is 1. The van der Waals surface area contributed by atoms with Gasteiger partial charge in [-0.15, -0.1) is 0 Å². The summed E-state index contributed by atoms with van der Waals surface area (Å²) >= 11 is 1.85. The largest absolute Gasteiger partial charge is 0.493 e. The minimum Gasteiger partial charge on any atom is -0.493 e. The Morgan fingerprint density at radius 2 is 2.53 bits per heavy atom. The Morgan fingerprint density at radius 3 is 3.12 bits per heavy atom. The summed E-state index contributed by atoms with van der Waals surface area (Å²) in [5.74, 6) is 1.85. The molecule has 1 aliphatic rings. The molecular formula is C12H20N2O2S. The van der Waals surface area contributed by atoms with Crippen molar-refractivity contribution >= 4 is 11.8 Å². The molecule has 4 nitrogen and oxygen atoms in total. The van der Waals surface area contributed by atoms with Crippen LogP contribution in [0.25, 0.3) is 0 Å². The molecule has 0 bridgehead atoms. The Balaban J connectivity index is 2.23. The number of hydrogen-bond acceptors (Lipinski definition) is 4. The maximum atomic E-state index is 10.5. The second-order valence-electron chi connectivity index (χ2n) is 4.32. The molecule has 5 heteroatoms. The average Bonchev–Trinajstić information content (AvgIpc) is 2.97. The Bertz CT molecular complexity index is 361. The first kappa shape index (κ1) is 12.8. The van der Waals surface area contributed by atoms with Crippen LogP contribution in [0.1, 0.15) is 38.0 Å². The van der Waals surface area contributed by atoms with Crippen LogP contribution in [0.15, 0.2) is 6.20 Å². The number of aryl methyl sites for hydroxylation is 1. The van der Waals surface area contributed by atoms with Crippen molar-refractivity contribution in [1.29, 1.82) is 0 Å². The fourth-order valence-electron chi connectivity index (χ4n) is 2.25. The van der Waals surface area contributed by atoms with Crippen LogP contribution in [0.5, 0.6) is 5.75 Å². The maximum absolute atomic E-state index is 10.5. The van der Waals surface area contributed by atoms with Crippen molar-refractivity contribution in [2.45, 2.75) is 44.1 Å². The zero-order chi connectivity index (χ0) is 12.3. The molecule has 0 saturated carbocycles. The first-order chi connectivity index (χ1) is 8.27. The van der Waals surface area contributed by atoms with Crippen LogP contribution in [0.2, 0.25) is 0 Å². The van der Waals surface area contributed by atoms with Gasteiger partial charge in [0.05, 0.1) is 13.3 Å². The van der Waals surface area contributed by atoms with Gasteiger partial charge in [0.1, 0.15) is 11.8 Å². The lowest BCUT2D eigenvalue weighted by molar-refractivity contribution is 0.157. The molecule has 1 N–H and O–H groups in total. The predicted molar refractivity (Wildman–Crippen MR) is 69.5 cm³/mol. The van der Waals surface area contributed by atoms with Gasteiger partial charge in [0.2, 0.25) is 0 Å². The van der Waals surface area contributed by atoms with E-state index in [0.29, 0.717) is 5.75 Å². The van der Waals surface area contributed by atoms with E-state index in [1.807, 2.05) is 16.4 Å². The van der Waals surface area contributed by atoms with Crippen LogP contribution in [0.3, 0.4) is 0 Å². The molecule has 2 rings (SSSR count). The summed E-state index contributed by atoms with van der Waals surface area (Å²) in [7, 11) is 1.63. The van der Waals surface area contributed by atoms with Gasteiger partial charge in [0.25, 0.3) is 0 Å². The highest BCUT2D eigenvalue weighted by Gasteiger charge is 2.30. The summed E-state index contributed by atoms with van der Waals surface area (Å²) in [6.45, 7) is 2.93. The van der Waals surface area contributed by atoms with Crippen molar-refractivity contribution in [3.05, 3.63) is 11.9 Å². The summed E-state index contributed by atoms with van der Waals surface area (Å²) in [6, 6.07) is 0. The molecule has 0 spiro atoms. The lowest BCUT2D eigenvalue weighted by Crippen LogP contribution is -2.18. The maximum Gasteiger partial charge on any atom is 0.162 e. The third-order valence-electron chi connectivity index (χ3n) is 3.10. The number of rotatable bonds is 5. The zero-order valence-electron chi connectivity index (χ0n) is 10.4. The zero-order valence-corrected chi connectivity index (χ0v) is 11.2. The van der Waals surface area contributed by atoms with Gasteiger partial charge < -0.3 is 9.84 Å². The van der Waals surface area contributed by atoms with E-state index in [2.05, 4.69) is 12.0 Å². The minimum atomic E-state index is -0.466. The van der Waals surface area contributed by atoms with Gasteiger partial charge in [0, 0.05) is 11.8 Å². The van der Waals surface area contributed by atoms with E-state index in [-0.39, 0.29) is 5.25 Å². The topological polar surface area (TPSA) is 47.3 Å². The normalized spacial score (nSPS) is 21.7. The summed E-state index contributed by atoms with van der Waals surface area (Å²) in [6.07, 6.45) is 4.51. The van der Waals surface area contributed by atoms with Gasteiger partial charge in [-0.05, 0) is 25.0 Å². The Labute approximate surface area is 106 Å². The van der Waals surface area contributed by atoms with Crippen LogP contribution in [-0.2, 0) is 6.54 Å². The minimum absolute atomic E-state index is 0.288. The molecule has 96 valence electrons. The van der Waals surface area contributed by atoms with Gasteiger partial charge in [-0.25, -0.2) is 0 Å². The molecule has 0 aromatic carbocycles. The van der Waals surface area contributed by atoms with Crippen LogP contribution in [0.4, 0.5) is 0 Å². The Hall–Kier alpha value is -0.680. The SMILES string of the molecule is CCCn1ncc(OC)c1C(O)C1CCCS1. The number of aliphatic hydroxyl groups is 1. The summed E-state index contributed by atoms with van der Waals surface area (Å²) in [5, 5.41) is 15.0. The molecule has 0 amide bonds. The van der Waals surface area contributed by atoms with E-state index in [1.165, 1.54) is 6.42 Å². The summed E-state index contributed by atoms with van der Waals surface area (Å²) in [4.78, 5) is 0. The van der Waals surface area contributed by atoms with E-state index in [1.54, 1.807) is 13.3 Å². The van der Waals surface area contributed by atoms with Gasteiger partial charge in [0.15, 0.2) is 5.75 Å². The first-order valence-electron chi connectivity index (χ1n) is 6.17. The quantitative estimate of drug-likeness (QED) is 0.877. The molecule has 1 aliphatic heterocycles. The molecule has 1 aromatic heterocycles. The van der Waals surface area contributed by atoms with Crippen LogP contribution in [-0.4, -0.2) is 33.0 Å². The average molecular weight is 256 g/mol. The molecule has 0 aliphatic carbocycles. The lowest BCUT2D eigenvalue weighted by atomic mass is 10.1. The van der Waals surface area contributed by atoms with Crippen molar-refractivity contribution in [1.82, 2.24) is 9.78 Å². The molecule has 1 aromatic rings. The Kier molecular flexibility index (Phi) is 4.34. The highest BCUT2D eigenvalue weighted by Crippen LogP contribution is 2.38. The highest BCUT2D eigenvalue weighted by atomic mass is 32.2. The van der Waals surface area contributed by atoms with Gasteiger partial charge in [-0.1, -0.05) is 6.92 Å². The highest BCUT2D eigenvalue weighted by molar-refractivity contribution is 8.00. The third-order valence-corrected chi connectivity index (χ3v) is 4.54. The number of aromatic nitrogens is 2. The van der Waals surface area contributed by atoms with E-state index in [9.17, 15) is 5.11 Å². The predicted octanol–water partition coefficient (Wildman–Crippen LogP) is 2.23. The van der Waals surface area contributed by atoms with Crippen LogP contribution >= 0.6 is 11.8 Å². The van der Waals surface area contributed by atoms with Crippen LogP contribution < -0.4 is 4.74 Å². The standard InChI is InChI=1S/C12H20N2O2S/c1-3-6-14-11(9(16-2)8-13-14)12(15)10-5-4-7-17-10/h8,10,12,15H,3-7H2,1-2H3. The molecule has 2 unspecified atom stereocenters. The number of ether oxygens (including phenoxy) is 1. The number of aliphatic hydroxyl groups excluding tert-OH is 1. The van der Waals surface area contributed by atoms with Crippen molar-refractivity contribution in [2.24, 2.45) is 0 Å². The van der Waals surface area contributed by atoms with E-state index < -0.39 is 6.10 Å². The van der Waals surface area contributed by atoms with E-state index in [4.69, 9.17) is 4.74 Å². The fraction of sp³-hybridized carbons (Fsp3) is 0.750. The third kappa shape index (κ3) is 2.60. The van der Waals surface area contributed by atoms with Crippen molar-refractivity contribution in [3.8, 4) is 5.75 Å². The van der Waals surface area contributed by atoms with Crippen LogP contribution in [0, 0.1) is 0 Å². The molecule has 2 atom stereocenters. The molecule has 17 heavy (non-hydrogen) atoms. The first-order valence-corrected chi connectivity index (χ1v) is 7.22. The van der Waals surface area contributed by atoms with E-state index >= 15 is 0 Å². The van der Waals surface area contributed by atoms with Crippen molar-refractivity contribution in [3.63, 3.8) is 0 Å². The number of methoxy groups -OCH3 is 1. The summed E-state index contributed by atoms with van der Waals surface area (Å²) < 4.78 is 7.18.